The Morgan fingerprint density at radius 3 is 2.29 bits per heavy atom. The molecule has 0 radical (unpaired) electrons. The van der Waals surface area contributed by atoms with Gasteiger partial charge in [-0.25, -0.2) is 5.06 Å². The predicted molar refractivity (Wildman–Crippen MR) is 128 cm³/mol. The van der Waals surface area contributed by atoms with Gasteiger partial charge in [-0.15, -0.1) is 0 Å². The van der Waals surface area contributed by atoms with Crippen molar-refractivity contribution in [1.82, 2.24) is 0 Å². The molecule has 3 aromatic rings. The van der Waals surface area contributed by atoms with Crippen molar-refractivity contribution in [2.24, 2.45) is 0 Å². The third-order valence-electron chi connectivity index (χ3n) is 6.78. The minimum Gasteiger partial charge on any atom is -0.493 e. The molecule has 0 saturated heterocycles. The molecule has 2 heterocycles. The smallest absolute Gasteiger partial charge is 0.357 e. The van der Waals surface area contributed by atoms with E-state index in [0.717, 1.165) is 22.9 Å². The van der Waals surface area contributed by atoms with Crippen molar-refractivity contribution in [3.05, 3.63) is 104 Å². The van der Waals surface area contributed by atoms with Crippen LogP contribution in [0.5, 0.6) is 11.5 Å². The van der Waals surface area contributed by atoms with Crippen LogP contribution >= 0.6 is 0 Å². The standard InChI is InChI=1S/C25H21N3O7/c1-24(16-9-5-4-6-10-16)18-11-7-8-12-19(18)26(34-3)25(24)14-13-17-22(28(31)32)20(27(29)30)15-21(33-2)23(17)35-25/h4-15H,1-3H3. The first-order valence-corrected chi connectivity index (χ1v) is 10.7. The highest BCUT2D eigenvalue weighted by Crippen LogP contribution is 2.60. The molecule has 0 bridgehead atoms. The number of hydrogen-bond donors (Lipinski definition) is 0. The van der Waals surface area contributed by atoms with Crippen LogP contribution in [0.2, 0.25) is 0 Å². The van der Waals surface area contributed by atoms with Crippen molar-refractivity contribution >= 4 is 23.1 Å². The van der Waals surface area contributed by atoms with Gasteiger partial charge in [-0.2, -0.15) is 0 Å². The van der Waals surface area contributed by atoms with Gasteiger partial charge in [0.1, 0.15) is 5.56 Å². The summed E-state index contributed by atoms with van der Waals surface area (Å²) in [7, 11) is 2.84. The number of fused-ring (bicyclic) bond motifs is 2. The lowest BCUT2D eigenvalue weighted by molar-refractivity contribution is -0.422. The van der Waals surface area contributed by atoms with Gasteiger partial charge in [-0.05, 0) is 36.3 Å². The number of nitrogens with zero attached hydrogens (tertiary/aromatic N) is 3. The van der Waals surface area contributed by atoms with Crippen LogP contribution in [0.15, 0.2) is 66.7 Å². The highest BCUT2D eigenvalue weighted by Gasteiger charge is 2.64. The van der Waals surface area contributed by atoms with Gasteiger partial charge in [-0.3, -0.25) is 25.1 Å². The number of nitro benzene ring substituents is 2. The maximum absolute atomic E-state index is 11.9. The van der Waals surface area contributed by atoms with Crippen molar-refractivity contribution in [2.45, 2.75) is 18.1 Å². The van der Waals surface area contributed by atoms with Gasteiger partial charge in [0.05, 0.1) is 41.2 Å². The number of nitro groups is 2. The molecular formula is C25H21N3O7. The molecule has 3 aromatic carbocycles. The Kier molecular flexibility index (Phi) is 4.99. The zero-order valence-corrected chi connectivity index (χ0v) is 19.1. The quantitative estimate of drug-likeness (QED) is 0.374. The minimum atomic E-state index is -1.34. The van der Waals surface area contributed by atoms with Gasteiger partial charge in [0.15, 0.2) is 11.5 Å². The molecule has 0 amide bonds. The van der Waals surface area contributed by atoms with Crippen LogP contribution in [0, 0.1) is 20.2 Å². The molecule has 2 aliphatic rings. The van der Waals surface area contributed by atoms with E-state index in [9.17, 15) is 20.2 Å². The third-order valence-corrected chi connectivity index (χ3v) is 6.78. The molecule has 0 fully saturated rings. The molecule has 1 spiro atoms. The summed E-state index contributed by atoms with van der Waals surface area (Å²) in [6.07, 6.45) is 3.13. The van der Waals surface area contributed by atoms with Crippen molar-refractivity contribution < 1.29 is 24.2 Å². The summed E-state index contributed by atoms with van der Waals surface area (Å²) in [6.45, 7) is 2.00. The Morgan fingerprint density at radius 2 is 1.66 bits per heavy atom. The van der Waals surface area contributed by atoms with Gasteiger partial charge in [0.2, 0.25) is 5.72 Å². The number of hydrogen-bond acceptors (Lipinski definition) is 8. The Morgan fingerprint density at radius 1 is 0.971 bits per heavy atom. The topological polar surface area (TPSA) is 117 Å². The molecular weight excluding hydrogens is 454 g/mol. The first-order valence-electron chi connectivity index (χ1n) is 10.7. The summed E-state index contributed by atoms with van der Waals surface area (Å²) in [5, 5.41) is 25.1. The Labute approximate surface area is 200 Å². The van der Waals surface area contributed by atoms with E-state index in [0.29, 0.717) is 0 Å². The molecule has 2 atom stereocenters. The summed E-state index contributed by atoms with van der Waals surface area (Å²) in [6, 6.07) is 18.4. The van der Waals surface area contributed by atoms with E-state index in [4.69, 9.17) is 14.3 Å². The number of ether oxygens (including phenoxy) is 2. The van der Waals surface area contributed by atoms with Gasteiger partial charge < -0.3 is 9.47 Å². The monoisotopic (exact) mass is 475 g/mol. The first-order chi connectivity index (χ1) is 16.8. The Balaban J connectivity index is 1.84. The van der Waals surface area contributed by atoms with Crippen molar-refractivity contribution in [3.8, 4) is 11.5 Å². The zero-order valence-electron chi connectivity index (χ0n) is 19.1. The van der Waals surface area contributed by atoms with Gasteiger partial charge >= 0.3 is 11.4 Å². The maximum atomic E-state index is 11.9. The van der Waals surface area contributed by atoms with Crippen molar-refractivity contribution in [2.75, 3.05) is 19.3 Å². The third kappa shape index (κ3) is 2.86. The average Bonchev–Trinajstić information content (AvgIpc) is 3.07. The average molecular weight is 475 g/mol. The molecule has 0 aromatic heterocycles. The van der Waals surface area contributed by atoms with Crippen molar-refractivity contribution in [1.29, 1.82) is 0 Å². The number of hydroxylamine groups is 1. The van der Waals surface area contributed by atoms with Crippen molar-refractivity contribution in [3.63, 3.8) is 0 Å². The highest BCUT2D eigenvalue weighted by molar-refractivity contribution is 5.82. The molecule has 2 aliphatic heterocycles. The number of benzene rings is 3. The van der Waals surface area contributed by atoms with E-state index in [1.807, 2.05) is 61.5 Å². The molecule has 10 heteroatoms. The molecule has 0 N–H and O–H groups in total. The van der Waals surface area contributed by atoms with E-state index in [1.165, 1.54) is 20.3 Å². The largest absolute Gasteiger partial charge is 0.493 e. The lowest BCUT2D eigenvalue weighted by atomic mass is 9.69. The van der Waals surface area contributed by atoms with E-state index in [1.54, 1.807) is 11.1 Å². The SMILES string of the molecule is COc1cc([N+](=O)[O-])c([N+](=O)[O-])c2c1OC1(C=C2)N(OC)c2ccccc2C1(C)c1ccccc1. The number of para-hydroxylation sites is 1. The molecule has 2 unspecified atom stereocenters. The predicted octanol–water partition coefficient (Wildman–Crippen LogP) is 5.00. The highest BCUT2D eigenvalue weighted by atomic mass is 16.7. The second kappa shape index (κ2) is 7.81. The van der Waals surface area contributed by atoms with E-state index in [-0.39, 0.29) is 17.1 Å². The fourth-order valence-corrected chi connectivity index (χ4v) is 5.16. The maximum Gasteiger partial charge on any atom is 0.357 e. The lowest BCUT2D eigenvalue weighted by Crippen LogP contribution is -2.60. The summed E-state index contributed by atoms with van der Waals surface area (Å²) in [5.74, 6) is 0.0211. The second-order valence-electron chi connectivity index (χ2n) is 8.32. The number of rotatable bonds is 5. The normalized spacial score (nSPS) is 21.9. The van der Waals surface area contributed by atoms with E-state index in [2.05, 4.69) is 0 Å². The second-order valence-corrected chi connectivity index (χ2v) is 8.32. The van der Waals surface area contributed by atoms with Crippen LogP contribution in [-0.2, 0) is 10.3 Å². The Bertz CT molecular complexity index is 1390. The summed E-state index contributed by atoms with van der Waals surface area (Å²) >= 11 is 0. The van der Waals surface area contributed by atoms with Crippen LogP contribution in [0.3, 0.4) is 0 Å². The first kappa shape index (κ1) is 22.4. The number of methoxy groups -OCH3 is 1. The lowest BCUT2D eigenvalue weighted by Gasteiger charge is -2.47. The van der Waals surface area contributed by atoms with Crippen LogP contribution in [-0.4, -0.2) is 29.8 Å². The molecule has 35 heavy (non-hydrogen) atoms. The molecule has 10 nitrogen and oxygen atoms in total. The van der Waals surface area contributed by atoms with Gasteiger partial charge in [0.25, 0.3) is 0 Å². The zero-order chi connectivity index (χ0) is 25.0. The fraction of sp³-hybridized carbons (Fsp3) is 0.200. The molecule has 5 rings (SSSR count). The molecule has 178 valence electrons. The van der Waals surface area contributed by atoms with Crippen LogP contribution < -0.4 is 14.5 Å². The van der Waals surface area contributed by atoms with Crippen LogP contribution in [0.1, 0.15) is 23.6 Å². The number of anilines is 1. The van der Waals surface area contributed by atoms with E-state index < -0.39 is 32.4 Å². The summed E-state index contributed by atoms with van der Waals surface area (Å²) in [4.78, 5) is 27.8. The summed E-state index contributed by atoms with van der Waals surface area (Å²) < 4.78 is 12.1. The van der Waals surface area contributed by atoms with E-state index >= 15 is 0 Å². The minimum absolute atomic E-state index is 0.00319. The molecule has 0 aliphatic carbocycles. The van der Waals surface area contributed by atoms with Crippen LogP contribution in [0.25, 0.3) is 6.08 Å². The molecule has 0 saturated carbocycles. The van der Waals surface area contributed by atoms with Gasteiger partial charge in [-0.1, -0.05) is 48.5 Å². The van der Waals surface area contributed by atoms with Crippen LogP contribution in [0.4, 0.5) is 17.1 Å². The fourth-order valence-electron chi connectivity index (χ4n) is 5.16. The van der Waals surface area contributed by atoms with Gasteiger partial charge in [0, 0.05) is 0 Å². The Hall–Kier alpha value is -4.44. The summed E-state index contributed by atoms with van der Waals surface area (Å²) in [5.41, 5.74) is -1.00.